The second kappa shape index (κ2) is 6.12. The minimum Gasteiger partial charge on any atom is -0.322 e. The number of amides is 1. The predicted octanol–water partition coefficient (Wildman–Crippen LogP) is 2.75. The fraction of sp³-hybridized carbons (Fsp3) is 0.0556. The topological polar surface area (TPSA) is 85.1 Å². The van der Waals surface area contributed by atoms with Crippen LogP contribution in [0.15, 0.2) is 61.1 Å². The predicted molar refractivity (Wildman–Crippen MR) is 93.1 cm³/mol. The van der Waals surface area contributed by atoms with E-state index in [1.807, 2.05) is 49.4 Å². The molecule has 122 valence electrons. The third-order valence-corrected chi connectivity index (χ3v) is 3.82. The smallest absolute Gasteiger partial charge is 0.259 e. The van der Waals surface area contributed by atoms with Crippen LogP contribution < -0.4 is 5.32 Å². The van der Waals surface area contributed by atoms with Crippen LogP contribution in [0.1, 0.15) is 16.1 Å². The van der Waals surface area contributed by atoms with E-state index in [4.69, 9.17) is 0 Å². The molecule has 1 N–H and O–H groups in total. The van der Waals surface area contributed by atoms with Crippen molar-refractivity contribution < 1.29 is 4.79 Å². The van der Waals surface area contributed by atoms with E-state index in [1.54, 1.807) is 16.9 Å². The number of nitrogens with zero attached hydrogens (tertiary/aromatic N) is 5. The van der Waals surface area contributed by atoms with Gasteiger partial charge in [-0.15, -0.1) is 5.10 Å². The number of fused-ring (bicyclic) bond motifs is 1. The fourth-order valence-corrected chi connectivity index (χ4v) is 2.51. The molecular weight excluding hydrogens is 316 g/mol. The molecule has 3 aromatic heterocycles. The number of nitrogens with one attached hydrogen (secondary N) is 1. The molecule has 0 unspecified atom stereocenters. The third-order valence-electron chi connectivity index (χ3n) is 3.82. The monoisotopic (exact) mass is 330 g/mol. The molecule has 0 spiro atoms. The standard InChI is InChI=1S/C18H14N6O/c1-12-15(17(25)21-14-5-3-2-4-6-14)11-20-18-22-16(23-24(12)18)13-7-9-19-10-8-13/h2-11H,1H3,(H,21,25). The Labute approximate surface area is 143 Å². The Morgan fingerprint density at radius 3 is 2.60 bits per heavy atom. The summed E-state index contributed by atoms with van der Waals surface area (Å²) in [6.45, 7) is 1.82. The maximum atomic E-state index is 12.5. The molecular formula is C18H14N6O. The highest BCUT2D eigenvalue weighted by molar-refractivity contribution is 6.04. The van der Waals surface area contributed by atoms with Gasteiger partial charge in [0.2, 0.25) is 0 Å². The molecule has 1 amide bonds. The van der Waals surface area contributed by atoms with Crippen molar-refractivity contribution >= 4 is 17.4 Å². The van der Waals surface area contributed by atoms with Gasteiger partial charge < -0.3 is 5.32 Å². The van der Waals surface area contributed by atoms with Gasteiger partial charge in [-0.1, -0.05) is 18.2 Å². The quantitative estimate of drug-likeness (QED) is 0.624. The van der Waals surface area contributed by atoms with Crippen LogP contribution in [0.4, 0.5) is 5.69 Å². The van der Waals surface area contributed by atoms with Gasteiger partial charge in [0.05, 0.1) is 11.3 Å². The highest BCUT2D eigenvalue weighted by atomic mass is 16.1. The molecule has 0 radical (unpaired) electrons. The van der Waals surface area contributed by atoms with Crippen LogP contribution >= 0.6 is 0 Å². The van der Waals surface area contributed by atoms with Crippen LogP contribution in [-0.2, 0) is 0 Å². The second-order valence-electron chi connectivity index (χ2n) is 5.46. The molecule has 0 saturated heterocycles. The van der Waals surface area contributed by atoms with Crippen molar-refractivity contribution in [1.82, 2.24) is 24.6 Å². The Hall–Kier alpha value is -3.61. The molecule has 0 aliphatic rings. The van der Waals surface area contributed by atoms with Crippen molar-refractivity contribution in [2.75, 3.05) is 5.32 Å². The summed E-state index contributed by atoms with van der Waals surface area (Å²) < 4.78 is 1.58. The van der Waals surface area contributed by atoms with E-state index in [-0.39, 0.29) is 5.91 Å². The summed E-state index contributed by atoms with van der Waals surface area (Å²) in [6, 6.07) is 12.9. The summed E-state index contributed by atoms with van der Waals surface area (Å²) in [6.07, 6.45) is 4.88. The average Bonchev–Trinajstić information content (AvgIpc) is 3.09. The number of hydrogen-bond donors (Lipinski definition) is 1. The molecule has 3 heterocycles. The Bertz CT molecular complexity index is 1040. The summed E-state index contributed by atoms with van der Waals surface area (Å²) >= 11 is 0. The maximum Gasteiger partial charge on any atom is 0.259 e. The maximum absolute atomic E-state index is 12.5. The lowest BCUT2D eigenvalue weighted by Crippen LogP contribution is -2.16. The van der Waals surface area contributed by atoms with E-state index in [1.165, 1.54) is 6.20 Å². The first kappa shape index (κ1) is 14.9. The summed E-state index contributed by atoms with van der Waals surface area (Å²) in [5.74, 6) is 0.748. The van der Waals surface area contributed by atoms with Gasteiger partial charge in [0, 0.05) is 29.8 Å². The minimum absolute atomic E-state index is 0.237. The first-order valence-corrected chi connectivity index (χ1v) is 7.71. The Balaban J connectivity index is 1.71. The van der Waals surface area contributed by atoms with Gasteiger partial charge in [-0.05, 0) is 31.2 Å². The molecule has 4 aromatic rings. The molecule has 0 saturated carbocycles. The average molecular weight is 330 g/mol. The molecule has 25 heavy (non-hydrogen) atoms. The molecule has 0 aliphatic carbocycles. The molecule has 0 bridgehead atoms. The number of anilines is 1. The minimum atomic E-state index is -0.237. The van der Waals surface area contributed by atoms with Gasteiger partial charge in [-0.2, -0.15) is 4.98 Å². The van der Waals surface area contributed by atoms with E-state index >= 15 is 0 Å². The molecule has 0 aliphatic heterocycles. The lowest BCUT2D eigenvalue weighted by Gasteiger charge is -2.07. The summed E-state index contributed by atoms with van der Waals surface area (Å²) in [4.78, 5) is 25.2. The first-order valence-electron chi connectivity index (χ1n) is 7.71. The van der Waals surface area contributed by atoms with E-state index in [0.29, 0.717) is 22.9 Å². The molecule has 0 fully saturated rings. The van der Waals surface area contributed by atoms with E-state index < -0.39 is 0 Å². The van der Waals surface area contributed by atoms with Gasteiger partial charge in [0.15, 0.2) is 5.82 Å². The Morgan fingerprint density at radius 2 is 1.84 bits per heavy atom. The van der Waals surface area contributed by atoms with E-state index in [2.05, 4.69) is 25.4 Å². The highest BCUT2D eigenvalue weighted by Crippen LogP contribution is 2.17. The number of carbonyl (C=O) groups excluding carboxylic acids is 1. The van der Waals surface area contributed by atoms with Crippen molar-refractivity contribution in [2.24, 2.45) is 0 Å². The number of aryl methyl sites for hydroxylation is 1. The zero-order valence-corrected chi connectivity index (χ0v) is 13.4. The van der Waals surface area contributed by atoms with Crippen LogP contribution in [0.3, 0.4) is 0 Å². The normalized spacial score (nSPS) is 10.8. The van der Waals surface area contributed by atoms with Gasteiger partial charge in [0.25, 0.3) is 11.7 Å². The van der Waals surface area contributed by atoms with Gasteiger partial charge in [-0.3, -0.25) is 9.78 Å². The van der Waals surface area contributed by atoms with Crippen LogP contribution in [0.5, 0.6) is 0 Å². The van der Waals surface area contributed by atoms with Crippen LogP contribution in [0.2, 0.25) is 0 Å². The van der Waals surface area contributed by atoms with Crippen molar-refractivity contribution in [3.63, 3.8) is 0 Å². The highest BCUT2D eigenvalue weighted by Gasteiger charge is 2.16. The zero-order chi connectivity index (χ0) is 17.2. The van der Waals surface area contributed by atoms with Crippen LogP contribution in [0, 0.1) is 6.92 Å². The lowest BCUT2D eigenvalue weighted by molar-refractivity contribution is 0.102. The van der Waals surface area contributed by atoms with E-state index in [0.717, 1.165) is 11.3 Å². The Kier molecular flexibility index (Phi) is 3.66. The molecule has 7 heteroatoms. The van der Waals surface area contributed by atoms with Crippen molar-refractivity contribution in [3.8, 4) is 11.4 Å². The number of pyridine rings is 1. The van der Waals surface area contributed by atoms with Gasteiger partial charge in [-0.25, -0.2) is 9.50 Å². The number of hydrogen-bond acceptors (Lipinski definition) is 5. The Morgan fingerprint density at radius 1 is 1.08 bits per heavy atom. The van der Waals surface area contributed by atoms with Gasteiger partial charge >= 0.3 is 0 Å². The molecule has 0 atom stereocenters. The zero-order valence-electron chi connectivity index (χ0n) is 13.4. The lowest BCUT2D eigenvalue weighted by atomic mass is 10.2. The second-order valence-corrected chi connectivity index (χ2v) is 5.46. The summed E-state index contributed by atoms with van der Waals surface area (Å²) in [5.41, 5.74) is 2.69. The van der Waals surface area contributed by atoms with Crippen molar-refractivity contribution in [1.29, 1.82) is 0 Å². The van der Waals surface area contributed by atoms with Crippen molar-refractivity contribution in [3.05, 3.63) is 72.3 Å². The molecule has 7 nitrogen and oxygen atoms in total. The van der Waals surface area contributed by atoms with Crippen LogP contribution in [0.25, 0.3) is 17.2 Å². The first-order chi connectivity index (χ1) is 12.2. The fourth-order valence-electron chi connectivity index (χ4n) is 2.51. The largest absolute Gasteiger partial charge is 0.322 e. The number of rotatable bonds is 3. The number of aromatic nitrogens is 5. The third kappa shape index (κ3) is 2.83. The van der Waals surface area contributed by atoms with E-state index in [9.17, 15) is 4.79 Å². The summed E-state index contributed by atoms with van der Waals surface area (Å²) in [7, 11) is 0. The van der Waals surface area contributed by atoms with Crippen LogP contribution in [-0.4, -0.2) is 30.5 Å². The number of carbonyl (C=O) groups is 1. The van der Waals surface area contributed by atoms with Gasteiger partial charge in [0.1, 0.15) is 0 Å². The molecule has 4 rings (SSSR count). The summed E-state index contributed by atoms with van der Waals surface area (Å²) in [5, 5.41) is 7.32. The number of benzene rings is 1. The number of para-hydroxylation sites is 1. The van der Waals surface area contributed by atoms with Crippen molar-refractivity contribution in [2.45, 2.75) is 6.92 Å². The molecule has 1 aromatic carbocycles. The SMILES string of the molecule is Cc1c(C(=O)Nc2ccccc2)cnc2nc(-c3ccncc3)nn12.